The van der Waals surface area contributed by atoms with E-state index in [-0.39, 0.29) is 11.8 Å². The summed E-state index contributed by atoms with van der Waals surface area (Å²) in [7, 11) is 3.65. The highest BCUT2D eigenvalue weighted by molar-refractivity contribution is 6.09. The van der Waals surface area contributed by atoms with E-state index >= 15 is 0 Å². The number of nitrogens with one attached hydrogen (secondary N) is 2. The summed E-state index contributed by atoms with van der Waals surface area (Å²) in [6.45, 7) is 1.39. The van der Waals surface area contributed by atoms with Crippen molar-refractivity contribution < 1.29 is 14.3 Å². The fourth-order valence-corrected chi connectivity index (χ4v) is 2.87. The molecule has 1 saturated carbocycles. The predicted octanol–water partition coefficient (Wildman–Crippen LogP) is 2.77. The molecule has 2 aromatic carbocycles. The van der Waals surface area contributed by atoms with Crippen molar-refractivity contribution in [1.29, 1.82) is 0 Å². The van der Waals surface area contributed by atoms with Crippen molar-refractivity contribution in [3.8, 4) is 5.75 Å². The zero-order valence-electron chi connectivity index (χ0n) is 15.7. The van der Waals surface area contributed by atoms with Crippen molar-refractivity contribution in [2.75, 3.05) is 32.6 Å². The van der Waals surface area contributed by atoms with Gasteiger partial charge in [0.05, 0.1) is 18.4 Å². The van der Waals surface area contributed by atoms with Crippen LogP contribution < -0.4 is 15.4 Å². The normalized spacial score (nSPS) is 13.3. The molecule has 0 spiro atoms. The molecule has 0 aliphatic heterocycles. The number of amides is 2. The van der Waals surface area contributed by atoms with Gasteiger partial charge in [0.1, 0.15) is 5.75 Å². The molecule has 27 heavy (non-hydrogen) atoms. The van der Waals surface area contributed by atoms with E-state index in [0.29, 0.717) is 35.2 Å². The number of carbonyl (C=O) groups is 2. The van der Waals surface area contributed by atoms with Crippen molar-refractivity contribution in [2.24, 2.45) is 0 Å². The van der Waals surface area contributed by atoms with Gasteiger partial charge in [-0.1, -0.05) is 12.1 Å². The van der Waals surface area contributed by atoms with Crippen LogP contribution in [0.5, 0.6) is 5.75 Å². The van der Waals surface area contributed by atoms with Crippen LogP contribution in [0.25, 0.3) is 0 Å². The second-order valence-electron chi connectivity index (χ2n) is 6.70. The Morgan fingerprint density at radius 1 is 1.07 bits per heavy atom. The number of anilines is 1. The quantitative estimate of drug-likeness (QED) is 0.753. The molecule has 0 heterocycles. The number of methoxy groups -OCH3 is 1. The molecule has 2 aromatic rings. The molecule has 0 atom stereocenters. The lowest BCUT2D eigenvalue weighted by atomic mass is 10.1. The Labute approximate surface area is 159 Å². The number of nitrogens with zero attached hydrogens (tertiary/aromatic N) is 1. The van der Waals surface area contributed by atoms with Crippen LogP contribution in [0.15, 0.2) is 48.5 Å². The summed E-state index contributed by atoms with van der Waals surface area (Å²) in [5, 5.41) is 5.75. The van der Waals surface area contributed by atoms with Gasteiger partial charge in [0, 0.05) is 24.7 Å². The molecule has 6 heteroatoms. The number of hydrogen-bond acceptors (Lipinski definition) is 4. The highest BCUT2D eigenvalue weighted by atomic mass is 16.5. The first-order valence-electron chi connectivity index (χ1n) is 9.11. The van der Waals surface area contributed by atoms with Gasteiger partial charge < -0.3 is 20.3 Å². The smallest absolute Gasteiger partial charge is 0.255 e. The van der Waals surface area contributed by atoms with E-state index in [9.17, 15) is 9.59 Å². The van der Waals surface area contributed by atoms with Crippen LogP contribution >= 0.6 is 0 Å². The number of likely N-dealkylation sites (N-methyl/N-ethyl adjacent to an activating group) is 1. The predicted molar refractivity (Wildman–Crippen MR) is 105 cm³/mol. The summed E-state index contributed by atoms with van der Waals surface area (Å²) in [6.07, 6.45) is 2.48. The molecule has 0 radical (unpaired) electrons. The molecule has 6 nitrogen and oxygen atoms in total. The molecule has 1 fully saturated rings. The SMILES string of the molecule is COc1ccc(C(=O)Nc2ccccc2C(=O)NCCN(C)C2CC2)cc1. The van der Waals surface area contributed by atoms with Gasteiger partial charge in [0.15, 0.2) is 0 Å². The first-order valence-corrected chi connectivity index (χ1v) is 9.11. The van der Waals surface area contributed by atoms with Gasteiger partial charge in [-0.3, -0.25) is 9.59 Å². The maximum Gasteiger partial charge on any atom is 0.255 e. The zero-order valence-corrected chi connectivity index (χ0v) is 15.7. The lowest BCUT2D eigenvalue weighted by Gasteiger charge is -2.16. The molecule has 0 unspecified atom stereocenters. The van der Waals surface area contributed by atoms with E-state index in [4.69, 9.17) is 4.74 Å². The van der Waals surface area contributed by atoms with Crippen LogP contribution in [0.2, 0.25) is 0 Å². The highest BCUT2D eigenvalue weighted by Gasteiger charge is 2.25. The molecule has 2 N–H and O–H groups in total. The third kappa shape index (κ3) is 5.08. The molecule has 1 aliphatic rings. The van der Waals surface area contributed by atoms with Crippen LogP contribution in [0.3, 0.4) is 0 Å². The Hall–Kier alpha value is -2.86. The Balaban J connectivity index is 1.61. The average molecular weight is 367 g/mol. The van der Waals surface area contributed by atoms with E-state index in [1.807, 2.05) is 0 Å². The van der Waals surface area contributed by atoms with Crippen molar-refractivity contribution in [2.45, 2.75) is 18.9 Å². The standard InChI is InChI=1S/C21H25N3O3/c1-24(16-9-10-16)14-13-22-21(26)18-5-3-4-6-19(18)23-20(25)15-7-11-17(27-2)12-8-15/h3-8,11-12,16H,9-10,13-14H2,1-2H3,(H,22,26)(H,23,25). The van der Waals surface area contributed by atoms with Crippen LogP contribution in [0.1, 0.15) is 33.6 Å². The van der Waals surface area contributed by atoms with Gasteiger partial charge >= 0.3 is 0 Å². The van der Waals surface area contributed by atoms with Crippen LogP contribution in [0, 0.1) is 0 Å². The average Bonchev–Trinajstić information content (AvgIpc) is 3.53. The highest BCUT2D eigenvalue weighted by Crippen LogP contribution is 2.24. The third-order valence-electron chi connectivity index (χ3n) is 4.69. The van der Waals surface area contributed by atoms with E-state index in [0.717, 1.165) is 6.54 Å². The second kappa shape index (κ2) is 8.68. The summed E-state index contributed by atoms with van der Waals surface area (Å²) in [5.74, 6) is 0.221. The molecular weight excluding hydrogens is 342 g/mol. The molecule has 0 bridgehead atoms. The van der Waals surface area contributed by atoms with Crippen molar-refractivity contribution in [3.05, 3.63) is 59.7 Å². The minimum Gasteiger partial charge on any atom is -0.497 e. The summed E-state index contributed by atoms with van der Waals surface area (Å²) in [5.41, 5.74) is 1.44. The fourth-order valence-electron chi connectivity index (χ4n) is 2.87. The Morgan fingerprint density at radius 3 is 2.44 bits per heavy atom. The summed E-state index contributed by atoms with van der Waals surface area (Å²) in [6, 6.07) is 14.5. The van der Waals surface area contributed by atoms with Gasteiger partial charge in [-0.15, -0.1) is 0 Å². The zero-order chi connectivity index (χ0) is 19.2. The number of hydrogen-bond donors (Lipinski definition) is 2. The largest absolute Gasteiger partial charge is 0.497 e. The van der Waals surface area contributed by atoms with Crippen molar-refractivity contribution >= 4 is 17.5 Å². The summed E-state index contributed by atoms with van der Waals surface area (Å²) in [4.78, 5) is 27.3. The molecule has 142 valence electrons. The number of rotatable bonds is 8. The maximum absolute atomic E-state index is 12.5. The minimum atomic E-state index is -0.272. The van der Waals surface area contributed by atoms with Gasteiger partial charge in [0.2, 0.25) is 0 Å². The lowest BCUT2D eigenvalue weighted by Crippen LogP contribution is -2.34. The van der Waals surface area contributed by atoms with Crippen LogP contribution in [0.4, 0.5) is 5.69 Å². The van der Waals surface area contributed by atoms with Crippen LogP contribution in [-0.2, 0) is 0 Å². The molecule has 0 saturated heterocycles. The van der Waals surface area contributed by atoms with Gasteiger partial charge in [-0.2, -0.15) is 0 Å². The molecule has 0 aromatic heterocycles. The van der Waals surface area contributed by atoms with Gasteiger partial charge in [-0.25, -0.2) is 0 Å². The molecule has 3 rings (SSSR count). The van der Waals surface area contributed by atoms with Crippen molar-refractivity contribution in [3.63, 3.8) is 0 Å². The van der Waals surface area contributed by atoms with Crippen LogP contribution in [-0.4, -0.2) is 50.0 Å². The van der Waals surface area contributed by atoms with E-state index in [1.165, 1.54) is 12.8 Å². The molecule has 1 aliphatic carbocycles. The monoisotopic (exact) mass is 367 g/mol. The minimum absolute atomic E-state index is 0.190. The maximum atomic E-state index is 12.5. The van der Waals surface area contributed by atoms with E-state index in [2.05, 4.69) is 22.6 Å². The molecule has 2 amide bonds. The number of para-hydroxylation sites is 1. The first kappa shape index (κ1) is 18.9. The Bertz CT molecular complexity index is 801. The Kier molecular flexibility index (Phi) is 6.08. The van der Waals surface area contributed by atoms with Gasteiger partial charge in [-0.05, 0) is 56.3 Å². The summed E-state index contributed by atoms with van der Waals surface area (Å²) >= 11 is 0. The third-order valence-corrected chi connectivity index (χ3v) is 4.69. The number of benzene rings is 2. The van der Waals surface area contributed by atoms with Crippen molar-refractivity contribution in [1.82, 2.24) is 10.2 Å². The topological polar surface area (TPSA) is 70.7 Å². The number of carbonyl (C=O) groups excluding carboxylic acids is 2. The van der Waals surface area contributed by atoms with E-state index < -0.39 is 0 Å². The van der Waals surface area contributed by atoms with E-state index in [1.54, 1.807) is 55.6 Å². The summed E-state index contributed by atoms with van der Waals surface area (Å²) < 4.78 is 5.10. The molecular formula is C21H25N3O3. The second-order valence-corrected chi connectivity index (χ2v) is 6.70. The van der Waals surface area contributed by atoms with Gasteiger partial charge in [0.25, 0.3) is 11.8 Å². The Morgan fingerprint density at radius 2 is 1.78 bits per heavy atom. The first-order chi connectivity index (χ1) is 13.1. The number of ether oxygens (including phenoxy) is 1. The lowest BCUT2D eigenvalue weighted by molar-refractivity contribution is 0.0950. The fraction of sp³-hybridized carbons (Fsp3) is 0.333.